The minimum absolute atomic E-state index is 0. The van der Waals surface area contributed by atoms with Crippen molar-refractivity contribution < 1.29 is 22.6 Å². The minimum Gasteiger partial charge on any atom is -0.468 e. The van der Waals surface area contributed by atoms with Crippen LogP contribution in [0.15, 0.2) is 23.3 Å². The second-order valence-electron chi connectivity index (χ2n) is 7.51. The van der Waals surface area contributed by atoms with Gasteiger partial charge in [-0.2, -0.15) is 13.2 Å². The van der Waals surface area contributed by atoms with E-state index in [0.717, 1.165) is 51.3 Å². The van der Waals surface area contributed by atoms with E-state index in [1.54, 1.807) is 13.1 Å². The Labute approximate surface area is 205 Å². The lowest BCUT2D eigenvalue weighted by Crippen LogP contribution is -2.53. The lowest BCUT2D eigenvalue weighted by molar-refractivity contribution is -0.154. The summed E-state index contributed by atoms with van der Waals surface area (Å²) >= 11 is 0. The smallest absolute Gasteiger partial charge is 0.422 e. The van der Waals surface area contributed by atoms with Gasteiger partial charge in [0.1, 0.15) is 0 Å². The highest BCUT2D eigenvalue weighted by molar-refractivity contribution is 14.0. The highest BCUT2D eigenvalue weighted by Gasteiger charge is 2.29. The second kappa shape index (κ2) is 14.7. The number of hydrogen-bond acceptors (Lipinski definition) is 5. The maximum atomic E-state index is 12.2. The van der Waals surface area contributed by atoms with Crippen molar-refractivity contribution >= 4 is 29.9 Å². The number of aromatic nitrogens is 1. The predicted octanol–water partition coefficient (Wildman–Crippen LogP) is 3.44. The molecule has 1 fully saturated rings. The number of pyridine rings is 1. The zero-order valence-electron chi connectivity index (χ0n) is 19.0. The van der Waals surface area contributed by atoms with E-state index >= 15 is 0 Å². The van der Waals surface area contributed by atoms with Gasteiger partial charge >= 0.3 is 6.18 Å². The van der Waals surface area contributed by atoms with Crippen molar-refractivity contribution in [2.75, 3.05) is 46.5 Å². The van der Waals surface area contributed by atoms with E-state index < -0.39 is 12.8 Å². The molecule has 32 heavy (non-hydrogen) atoms. The Morgan fingerprint density at radius 3 is 2.44 bits per heavy atom. The highest BCUT2D eigenvalue weighted by Crippen LogP contribution is 2.20. The van der Waals surface area contributed by atoms with Crippen molar-refractivity contribution in [3.05, 3.63) is 23.9 Å². The molecule has 0 aromatic carbocycles. The molecule has 1 aromatic heterocycles. The summed E-state index contributed by atoms with van der Waals surface area (Å²) in [6, 6.07) is 3.50. The van der Waals surface area contributed by atoms with Crippen LogP contribution in [0.25, 0.3) is 0 Å². The van der Waals surface area contributed by atoms with Gasteiger partial charge in [0.25, 0.3) is 0 Å². The van der Waals surface area contributed by atoms with Gasteiger partial charge in [-0.25, -0.2) is 4.98 Å². The van der Waals surface area contributed by atoms with E-state index in [1.165, 1.54) is 12.3 Å². The first-order valence-electron chi connectivity index (χ1n) is 10.8. The summed E-state index contributed by atoms with van der Waals surface area (Å²) in [6.45, 7) is 7.71. The molecule has 1 aliphatic heterocycles. The molecule has 1 aliphatic rings. The first kappa shape index (κ1) is 28.7. The predicted molar refractivity (Wildman–Crippen MR) is 130 cm³/mol. The normalized spacial score (nSPS) is 16.4. The molecule has 1 unspecified atom stereocenters. The average molecular weight is 573 g/mol. The second-order valence-corrected chi connectivity index (χ2v) is 7.51. The van der Waals surface area contributed by atoms with E-state index in [0.29, 0.717) is 24.5 Å². The lowest BCUT2D eigenvalue weighted by Gasteiger charge is -2.39. The van der Waals surface area contributed by atoms with Crippen molar-refractivity contribution in [3.63, 3.8) is 0 Å². The van der Waals surface area contributed by atoms with Crippen LogP contribution in [-0.4, -0.2) is 74.6 Å². The van der Waals surface area contributed by atoms with Crippen LogP contribution in [0, 0.1) is 5.92 Å². The van der Waals surface area contributed by atoms with Gasteiger partial charge in [-0.15, -0.1) is 24.0 Å². The van der Waals surface area contributed by atoms with Crippen molar-refractivity contribution in [2.24, 2.45) is 10.9 Å². The van der Waals surface area contributed by atoms with Crippen LogP contribution in [0.4, 0.5) is 13.2 Å². The number of nitrogens with one attached hydrogen (secondary N) is 2. The van der Waals surface area contributed by atoms with Gasteiger partial charge in [-0.1, -0.05) is 32.8 Å². The van der Waals surface area contributed by atoms with Gasteiger partial charge in [0, 0.05) is 51.5 Å². The molecule has 2 N–H and O–H groups in total. The topological polar surface area (TPSA) is 71.0 Å². The molecule has 0 amide bonds. The van der Waals surface area contributed by atoms with Gasteiger partial charge in [0.2, 0.25) is 5.88 Å². The summed E-state index contributed by atoms with van der Waals surface area (Å²) in [7, 11) is 1.71. The van der Waals surface area contributed by atoms with E-state index in [-0.39, 0.29) is 29.9 Å². The molecule has 2 rings (SSSR count). The fourth-order valence-electron chi connectivity index (χ4n) is 3.70. The number of alkyl halides is 3. The molecule has 0 spiro atoms. The monoisotopic (exact) mass is 573 g/mol. The molecule has 7 nitrogen and oxygen atoms in total. The number of nitrogens with zero attached hydrogens (tertiary/aromatic N) is 3. The van der Waals surface area contributed by atoms with Crippen molar-refractivity contribution in [1.29, 1.82) is 0 Å². The lowest BCUT2D eigenvalue weighted by atomic mass is 9.92. The van der Waals surface area contributed by atoms with Crippen LogP contribution in [0.5, 0.6) is 5.88 Å². The van der Waals surface area contributed by atoms with E-state index in [1.807, 2.05) is 0 Å². The van der Waals surface area contributed by atoms with Gasteiger partial charge in [-0.05, 0) is 11.5 Å². The molecule has 11 heteroatoms. The Bertz CT molecular complexity index is 666. The summed E-state index contributed by atoms with van der Waals surface area (Å²) in [5.74, 6) is 1.20. The maximum absolute atomic E-state index is 12.2. The highest BCUT2D eigenvalue weighted by atomic mass is 127. The van der Waals surface area contributed by atoms with E-state index in [4.69, 9.17) is 4.74 Å². The quantitative estimate of drug-likeness (QED) is 0.254. The number of hydrogen-bond donors (Lipinski definition) is 2. The molecule has 0 radical (unpaired) electrons. The molecule has 2 heterocycles. The molecule has 0 saturated carbocycles. The van der Waals surface area contributed by atoms with E-state index in [2.05, 4.69) is 44.1 Å². The number of halogens is 4. The zero-order valence-corrected chi connectivity index (χ0v) is 21.3. The SMILES string of the molecule is CCC(CC)C(CNC(=NC)NCc1ccc(OCC(F)(F)F)nc1)N1CCOCC1.I. The van der Waals surface area contributed by atoms with Crippen LogP contribution in [0.1, 0.15) is 32.3 Å². The van der Waals surface area contributed by atoms with Gasteiger partial charge < -0.3 is 20.1 Å². The molecular weight excluding hydrogens is 538 g/mol. The standard InChI is InChI=1S/C21H34F3N5O2.HI/c1-4-17(5-2)18(29-8-10-30-11-9-29)14-28-20(25-3)27-13-16-6-7-19(26-12-16)31-15-21(22,23)24;/h6-7,12,17-18H,4-5,8-11,13-15H2,1-3H3,(H2,25,27,28);1H. The summed E-state index contributed by atoms with van der Waals surface area (Å²) in [4.78, 5) is 10.7. The molecule has 0 aliphatic carbocycles. The number of aliphatic imine (C=N–C) groups is 1. The summed E-state index contributed by atoms with van der Waals surface area (Å²) in [5.41, 5.74) is 0.812. The summed E-state index contributed by atoms with van der Waals surface area (Å²) in [5, 5.41) is 6.65. The Kier molecular flexibility index (Phi) is 13.2. The van der Waals surface area contributed by atoms with Crippen molar-refractivity contribution in [3.8, 4) is 5.88 Å². The third-order valence-corrected chi connectivity index (χ3v) is 5.45. The minimum atomic E-state index is -4.38. The van der Waals surface area contributed by atoms with Crippen LogP contribution in [-0.2, 0) is 11.3 Å². The van der Waals surface area contributed by atoms with Crippen molar-refractivity contribution in [1.82, 2.24) is 20.5 Å². The fraction of sp³-hybridized carbons (Fsp3) is 0.714. The first-order chi connectivity index (χ1) is 14.9. The number of ether oxygens (including phenoxy) is 2. The molecule has 184 valence electrons. The third kappa shape index (κ3) is 10.1. The molecule has 1 atom stereocenters. The Balaban J connectivity index is 0.00000512. The summed E-state index contributed by atoms with van der Waals surface area (Å²) < 4.78 is 46.8. The number of morpholine rings is 1. The fourth-order valence-corrected chi connectivity index (χ4v) is 3.70. The van der Waals surface area contributed by atoms with Crippen LogP contribution < -0.4 is 15.4 Å². The molecule has 0 bridgehead atoms. The van der Waals surface area contributed by atoms with E-state index in [9.17, 15) is 13.2 Å². The molecule has 1 aromatic rings. The summed E-state index contributed by atoms with van der Waals surface area (Å²) in [6.07, 6.45) is -0.665. The van der Waals surface area contributed by atoms with Crippen LogP contribution >= 0.6 is 24.0 Å². The number of guanidine groups is 1. The Morgan fingerprint density at radius 1 is 1.22 bits per heavy atom. The van der Waals surface area contributed by atoms with Crippen LogP contribution in [0.2, 0.25) is 0 Å². The Hall–Kier alpha value is -1.34. The Morgan fingerprint density at radius 2 is 1.91 bits per heavy atom. The van der Waals surface area contributed by atoms with Crippen molar-refractivity contribution in [2.45, 2.75) is 45.5 Å². The van der Waals surface area contributed by atoms with Gasteiger partial charge in [-0.3, -0.25) is 9.89 Å². The molecular formula is C21H35F3IN5O2. The average Bonchev–Trinajstić information content (AvgIpc) is 2.78. The zero-order chi connectivity index (χ0) is 22.7. The maximum Gasteiger partial charge on any atom is 0.422 e. The third-order valence-electron chi connectivity index (χ3n) is 5.45. The first-order valence-corrected chi connectivity index (χ1v) is 10.8. The van der Waals surface area contributed by atoms with Gasteiger partial charge in [0.05, 0.1) is 13.2 Å². The van der Waals surface area contributed by atoms with Crippen LogP contribution in [0.3, 0.4) is 0 Å². The van der Waals surface area contributed by atoms with Gasteiger partial charge in [0.15, 0.2) is 12.6 Å². The molecule has 1 saturated heterocycles. The largest absolute Gasteiger partial charge is 0.468 e. The number of rotatable bonds is 10.